The lowest BCUT2D eigenvalue weighted by molar-refractivity contribution is 0.202. The van der Waals surface area contributed by atoms with Crippen molar-refractivity contribution >= 4 is 30.9 Å². The van der Waals surface area contributed by atoms with Crippen molar-refractivity contribution < 1.29 is 0 Å². The van der Waals surface area contributed by atoms with E-state index in [0.717, 1.165) is 24.5 Å². The average Bonchev–Trinajstić information content (AvgIpc) is 2.62. The fourth-order valence-corrected chi connectivity index (χ4v) is 28.9. The zero-order valence-electron chi connectivity index (χ0n) is 18.1. The van der Waals surface area contributed by atoms with Gasteiger partial charge >= 0.3 is 0 Å². The molecule has 4 fully saturated rings. The van der Waals surface area contributed by atoms with Gasteiger partial charge in [0.15, 0.2) is 6.71 Å². The second kappa shape index (κ2) is 5.60. The minimum atomic E-state index is -1.43. The maximum Gasteiger partial charge on any atom is 0.175 e. The van der Waals surface area contributed by atoms with Gasteiger partial charge in [0, 0.05) is 0 Å². The van der Waals surface area contributed by atoms with E-state index in [9.17, 15) is 0 Å². The van der Waals surface area contributed by atoms with Crippen LogP contribution in [-0.2, 0) is 0 Å². The van der Waals surface area contributed by atoms with E-state index in [1.807, 2.05) is 11.0 Å². The van der Waals surface area contributed by atoms with Gasteiger partial charge in [-0.2, -0.15) is 0 Å². The summed E-state index contributed by atoms with van der Waals surface area (Å²) in [6, 6.07) is 0. The van der Waals surface area contributed by atoms with Gasteiger partial charge in [0.05, 0.1) is 24.2 Å². The fraction of sp³-hybridized carbons (Fsp3) is 0.810. The first-order valence-corrected chi connectivity index (χ1v) is 20.9. The van der Waals surface area contributed by atoms with Crippen molar-refractivity contribution in [3.8, 4) is 0 Å². The highest BCUT2D eigenvalue weighted by Crippen LogP contribution is 2.57. The van der Waals surface area contributed by atoms with Crippen molar-refractivity contribution in [2.75, 3.05) is 0 Å². The maximum absolute atomic E-state index is 2.75. The summed E-state index contributed by atoms with van der Waals surface area (Å²) in [7, 11) is -3.95. The van der Waals surface area contributed by atoms with Crippen LogP contribution in [0.4, 0.5) is 0 Å². The largest absolute Gasteiger partial charge is 0.175 e. The third-order valence-electron chi connectivity index (χ3n) is 7.78. The van der Waals surface area contributed by atoms with Gasteiger partial charge in [-0.15, -0.1) is 0 Å². The molecular weight excluding hydrogens is 347 g/mol. The van der Waals surface area contributed by atoms with Gasteiger partial charge < -0.3 is 0 Å². The average molecular weight is 387 g/mol. The van der Waals surface area contributed by atoms with Crippen LogP contribution >= 0.6 is 0 Å². The maximum atomic E-state index is 2.75. The van der Waals surface area contributed by atoms with Crippen molar-refractivity contribution in [3.05, 3.63) is 20.7 Å². The molecule has 4 bridgehead atoms. The molecule has 5 aliphatic rings. The predicted octanol–water partition coefficient (Wildman–Crippen LogP) is 6.62. The van der Waals surface area contributed by atoms with E-state index < -0.39 is 24.2 Å². The summed E-state index contributed by atoms with van der Waals surface area (Å²) in [5.41, 5.74) is 4.01. The van der Waals surface area contributed by atoms with Crippen LogP contribution in [-0.4, -0.2) is 30.9 Å². The Morgan fingerprint density at radius 2 is 1.24 bits per heavy atom. The van der Waals surface area contributed by atoms with Gasteiger partial charge in [0.2, 0.25) is 0 Å². The molecule has 3 saturated heterocycles. The molecule has 0 aromatic carbocycles. The third kappa shape index (κ3) is 2.89. The Labute approximate surface area is 160 Å². The summed E-state index contributed by atoms with van der Waals surface area (Å²) < 4.78 is 0. The molecule has 0 spiro atoms. The molecule has 0 aromatic heterocycles. The van der Waals surface area contributed by atoms with Crippen LogP contribution in [0.1, 0.15) is 25.7 Å². The van der Waals surface area contributed by atoms with Crippen LogP contribution in [0.15, 0.2) is 20.7 Å². The molecule has 0 radical (unpaired) electrons. The van der Waals surface area contributed by atoms with E-state index in [2.05, 4.69) is 62.0 Å². The van der Waals surface area contributed by atoms with Crippen LogP contribution in [0.2, 0.25) is 65.0 Å². The highest BCUT2D eigenvalue weighted by atomic mass is 28.4. The molecule has 138 valence electrons. The van der Waals surface area contributed by atoms with Crippen LogP contribution in [0.25, 0.3) is 0 Å². The zero-order valence-corrected chi connectivity index (χ0v) is 21.1. The normalized spacial score (nSPS) is 34.6. The summed E-state index contributed by atoms with van der Waals surface area (Å²) in [5, 5.41) is 0. The smallest absolute Gasteiger partial charge is 0.0921 e. The molecule has 4 heterocycles. The van der Waals surface area contributed by atoms with E-state index in [4.69, 9.17) is 0 Å². The number of allylic oxidation sites excluding steroid dienone is 2. The zero-order chi connectivity index (χ0) is 18.4. The van der Waals surface area contributed by atoms with Gasteiger partial charge in [0.25, 0.3) is 0 Å². The monoisotopic (exact) mass is 386 g/mol. The standard InChI is InChI=1S/C21H39BSi3/c1-23(2,3)20-18-12-15-9-16-11-17(10-15)14-22(13-16)19(18)21(24(4,5)6)25(20,7)8/h15-17H,9-14H2,1-8H3. The predicted molar refractivity (Wildman–Crippen MR) is 123 cm³/mol. The van der Waals surface area contributed by atoms with Crippen molar-refractivity contribution in [3.63, 3.8) is 0 Å². The van der Waals surface area contributed by atoms with E-state index in [1.54, 1.807) is 31.9 Å². The Kier molecular flexibility index (Phi) is 4.16. The van der Waals surface area contributed by atoms with Crippen LogP contribution in [0.3, 0.4) is 0 Å². The van der Waals surface area contributed by atoms with E-state index in [1.165, 1.54) is 6.42 Å². The van der Waals surface area contributed by atoms with Crippen molar-refractivity contribution in [2.24, 2.45) is 17.8 Å². The molecular formula is C21H39BSi3. The number of rotatable bonds is 2. The summed E-state index contributed by atoms with van der Waals surface area (Å²) in [4.78, 5) is 4.21. The van der Waals surface area contributed by atoms with E-state index in [0.29, 0.717) is 0 Å². The lowest BCUT2D eigenvalue weighted by Gasteiger charge is -2.46. The first-order valence-electron chi connectivity index (χ1n) is 10.9. The molecule has 0 nitrogen and oxygen atoms in total. The first-order chi connectivity index (χ1) is 11.4. The highest BCUT2D eigenvalue weighted by Gasteiger charge is 2.54. The molecule has 4 heteroatoms. The molecule has 1 saturated carbocycles. The summed E-state index contributed by atoms with van der Waals surface area (Å²) in [6.45, 7) is 22.4. The first kappa shape index (κ1) is 18.6. The highest BCUT2D eigenvalue weighted by molar-refractivity contribution is 7.18. The molecule has 1 aliphatic carbocycles. The third-order valence-corrected chi connectivity index (χ3v) is 22.7. The quantitative estimate of drug-likeness (QED) is 0.468. The Morgan fingerprint density at radius 1 is 0.760 bits per heavy atom. The van der Waals surface area contributed by atoms with Gasteiger partial charge in [0.1, 0.15) is 0 Å². The Morgan fingerprint density at radius 3 is 1.72 bits per heavy atom. The SMILES string of the molecule is C[Si](C)(C)C1=C2CC3CC4CB(CC(C4)C3)C2=C([Si](C)(C)C)[Si]1(C)C. The van der Waals surface area contributed by atoms with Gasteiger partial charge in [-0.25, -0.2) is 0 Å². The molecule has 0 aromatic rings. The fourth-order valence-electron chi connectivity index (χ4n) is 8.20. The van der Waals surface area contributed by atoms with Crippen molar-refractivity contribution in [1.82, 2.24) is 0 Å². The second-order valence-electron chi connectivity index (χ2n) is 12.4. The Balaban J connectivity index is 1.97. The number of hydrogen-bond acceptors (Lipinski definition) is 0. The molecule has 25 heavy (non-hydrogen) atoms. The van der Waals surface area contributed by atoms with Gasteiger partial charge in [-0.1, -0.05) is 85.7 Å². The van der Waals surface area contributed by atoms with E-state index >= 15 is 0 Å². The summed E-state index contributed by atoms with van der Waals surface area (Å²) in [6.07, 6.45) is 9.26. The Bertz CT molecular complexity index is 646. The van der Waals surface area contributed by atoms with Gasteiger partial charge in [-0.05, 0) is 43.4 Å². The minimum absolute atomic E-state index is 0.947. The molecule has 2 unspecified atom stereocenters. The topological polar surface area (TPSA) is 0 Å². The summed E-state index contributed by atoms with van der Waals surface area (Å²) >= 11 is 0. The molecule has 0 amide bonds. The molecule has 4 aliphatic heterocycles. The van der Waals surface area contributed by atoms with Crippen LogP contribution < -0.4 is 0 Å². The Hall–Kier alpha value is 0.196. The van der Waals surface area contributed by atoms with E-state index in [-0.39, 0.29) is 0 Å². The van der Waals surface area contributed by atoms with Crippen molar-refractivity contribution in [1.29, 1.82) is 0 Å². The van der Waals surface area contributed by atoms with Crippen LogP contribution in [0.5, 0.6) is 0 Å². The van der Waals surface area contributed by atoms with Crippen LogP contribution in [0, 0.1) is 17.8 Å². The van der Waals surface area contributed by atoms with Gasteiger partial charge in [-0.3, -0.25) is 0 Å². The summed E-state index contributed by atoms with van der Waals surface area (Å²) in [5.74, 6) is 3.16. The molecule has 2 atom stereocenters. The molecule has 5 rings (SSSR count). The lowest BCUT2D eigenvalue weighted by Crippen LogP contribution is -2.49. The lowest BCUT2D eigenvalue weighted by atomic mass is 9.30. The molecule has 0 N–H and O–H groups in total. The second-order valence-corrected chi connectivity index (χ2v) is 27.7. The van der Waals surface area contributed by atoms with Crippen molar-refractivity contribution in [2.45, 2.75) is 90.7 Å². The minimum Gasteiger partial charge on any atom is -0.0921 e. The number of hydrogen-bond donors (Lipinski definition) is 0.